The average Bonchev–Trinajstić information content (AvgIpc) is 3.14. The molecule has 0 amide bonds. The van der Waals surface area contributed by atoms with E-state index in [0.717, 1.165) is 21.8 Å². The zero-order valence-corrected chi connectivity index (χ0v) is 26.9. The Kier molecular flexibility index (Phi) is 7.91. The molecule has 0 fully saturated rings. The molecule has 0 radical (unpaired) electrons. The van der Waals surface area contributed by atoms with Gasteiger partial charge in [-0.05, 0) is 59.8 Å². The Hall–Kier alpha value is -5.00. The zero-order chi connectivity index (χ0) is 30.7. The fourth-order valence-electron chi connectivity index (χ4n) is 6.30. The molecule has 2 heterocycles. The molecule has 0 aliphatic heterocycles. The SMILES string of the molecule is c1ccc(P(c2ccccc2)c2ccc3cccnc3c2-c2c(P(c3ccccc3)c3ccccc3)ccc3cccnc23)cc1. The van der Waals surface area contributed by atoms with E-state index in [9.17, 15) is 0 Å². The standard InChI is InChI=1S/C42H30N2P2/c1-5-17-33(18-6-1)45(34-19-7-2-8-20-34)37-27-25-31-15-13-29-43-41(31)39(37)40-38(28-26-32-16-14-30-44-42(32)40)46(35-21-9-3-10-22-35)36-23-11-4-12-24-36/h1-30H. The van der Waals surface area contributed by atoms with Crippen LogP contribution in [0.15, 0.2) is 182 Å². The van der Waals surface area contributed by atoms with Crippen LogP contribution in [-0.2, 0) is 0 Å². The van der Waals surface area contributed by atoms with Crippen LogP contribution in [0, 0.1) is 0 Å². The Labute approximate surface area is 272 Å². The van der Waals surface area contributed by atoms with E-state index in [0.29, 0.717) is 0 Å². The molecular weight excluding hydrogens is 594 g/mol. The molecule has 8 aromatic rings. The molecule has 0 N–H and O–H groups in total. The predicted octanol–water partition coefficient (Wildman–Crippen LogP) is 7.97. The quantitative estimate of drug-likeness (QED) is 0.168. The van der Waals surface area contributed by atoms with E-state index < -0.39 is 15.8 Å². The topological polar surface area (TPSA) is 25.8 Å². The summed E-state index contributed by atoms with van der Waals surface area (Å²) in [4.78, 5) is 10.3. The summed E-state index contributed by atoms with van der Waals surface area (Å²) in [5.41, 5.74) is 4.37. The summed E-state index contributed by atoms with van der Waals surface area (Å²) >= 11 is 0. The highest BCUT2D eigenvalue weighted by Gasteiger charge is 2.28. The van der Waals surface area contributed by atoms with Crippen molar-refractivity contribution in [3.05, 3.63) is 182 Å². The molecule has 218 valence electrons. The van der Waals surface area contributed by atoms with Crippen molar-refractivity contribution in [3.63, 3.8) is 0 Å². The first-order chi connectivity index (χ1) is 22.9. The van der Waals surface area contributed by atoms with Gasteiger partial charge in [0, 0.05) is 34.3 Å². The van der Waals surface area contributed by atoms with Gasteiger partial charge in [0.05, 0.1) is 11.0 Å². The van der Waals surface area contributed by atoms with Crippen molar-refractivity contribution in [1.29, 1.82) is 0 Å². The van der Waals surface area contributed by atoms with Gasteiger partial charge in [0.25, 0.3) is 0 Å². The maximum Gasteiger partial charge on any atom is 0.0787 e. The van der Waals surface area contributed by atoms with Gasteiger partial charge in [0.2, 0.25) is 0 Å². The van der Waals surface area contributed by atoms with Crippen molar-refractivity contribution in [3.8, 4) is 11.1 Å². The maximum atomic E-state index is 5.13. The van der Waals surface area contributed by atoms with Crippen molar-refractivity contribution >= 4 is 69.5 Å². The van der Waals surface area contributed by atoms with Crippen LogP contribution in [-0.4, -0.2) is 9.97 Å². The molecular formula is C42H30N2P2. The third-order valence-electron chi connectivity index (χ3n) is 8.29. The minimum Gasteiger partial charge on any atom is -0.256 e. The number of aromatic nitrogens is 2. The van der Waals surface area contributed by atoms with Gasteiger partial charge in [0.1, 0.15) is 0 Å². The zero-order valence-electron chi connectivity index (χ0n) is 25.1. The van der Waals surface area contributed by atoms with E-state index in [2.05, 4.69) is 158 Å². The van der Waals surface area contributed by atoms with Crippen LogP contribution in [0.2, 0.25) is 0 Å². The second-order valence-corrected chi connectivity index (χ2v) is 15.5. The van der Waals surface area contributed by atoms with Crippen molar-refractivity contribution in [2.45, 2.75) is 0 Å². The molecule has 0 aliphatic rings. The van der Waals surface area contributed by atoms with Gasteiger partial charge in [-0.15, -0.1) is 0 Å². The molecule has 2 aromatic heterocycles. The Balaban J connectivity index is 1.53. The number of nitrogens with zero attached hydrogens (tertiary/aromatic N) is 2. The summed E-state index contributed by atoms with van der Waals surface area (Å²) in [5.74, 6) is 0. The first kappa shape index (κ1) is 28.5. The summed E-state index contributed by atoms with van der Waals surface area (Å²) < 4.78 is 0. The van der Waals surface area contributed by atoms with Gasteiger partial charge in [-0.25, -0.2) is 0 Å². The van der Waals surface area contributed by atoms with Gasteiger partial charge in [-0.3, -0.25) is 9.97 Å². The number of rotatable bonds is 7. The highest BCUT2D eigenvalue weighted by Crippen LogP contribution is 2.44. The normalized spacial score (nSPS) is 11.4. The van der Waals surface area contributed by atoms with Gasteiger partial charge in [-0.2, -0.15) is 0 Å². The number of pyridine rings is 2. The van der Waals surface area contributed by atoms with Crippen LogP contribution in [0.5, 0.6) is 0 Å². The fourth-order valence-corrected chi connectivity index (χ4v) is 11.2. The lowest BCUT2D eigenvalue weighted by Gasteiger charge is -2.27. The highest BCUT2D eigenvalue weighted by atomic mass is 31.1. The Morgan fingerprint density at radius 2 is 0.630 bits per heavy atom. The van der Waals surface area contributed by atoms with E-state index >= 15 is 0 Å². The van der Waals surface area contributed by atoms with Gasteiger partial charge in [0.15, 0.2) is 0 Å². The first-order valence-corrected chi connectivity index (χ1v) is 18.1. The van der Waals surface area contributed by atoms with E-state index in [1.807, 2.05) is 24.5 Å². The number of fused-ring (bicyclic) bond motifs is 2. The van der Waals surface area contributed by atoms with Crippen molar-refractivity contribution in [2.24, 2.45) is 0 Å². The second kappa shape index (κ2) is 12.8. The first-order valence-electron chi connectivity index (χ1n) is 15.4. The smallest absolute Gasteiger partial charge is 0.0787 e. The Bertz CT molecular complexity index is 2010. The van der Waals surface area contributed by atoms with Crippen LogP contribution < -0.4 is 31.8 Å². The Morgan fingerprint density at radius 1 is 0.304 bits per heavy atom. The summed E-state index contributed by atoms with van der Waals surface area (Å²) in [6.45, 7) is 0. The van der Waals surface area contributed by atoms with E-state index in [4.69, 9.17) is 9.97 Å². The van der Waals surface area contributed by atoms with Crippen LogP contribution >= 0.6 is 15.8 Å². The third kappa shape index (κ3) is 5.31. The predicted molar refractivity (Wildman–Crippen MR) is 200 cm³/mol. The fraction of sp³-hybridized carbons (Fsp3) is 0. The molecule has 0 aliphatic carbocycles. The maximum absolute atomic E-state index is 5.13. The summed E-state index contributed by atoms with van der Waals surface area (Å²) in [5, 5.41) is 10.1. The molecule has 0 atom stereocenters. The van der Waals surface area contributed by atoms with Crippen molar-refractivity contribution in [1.82, 2.24) is 9.97 Å². The third-order valence-corrected chi connectivity index (χ3v) is 13.3. The molecule has 0 saturated heterocycles. The van der Waals surface area contributed by atoms with Crippen LogP contribution in [0.1, 0.15) is 0 Å². The van der Waals surface area contributed by atoms with Crippen LogP contribution in [0.3, 0.4) is 0 Å². The van der Waals surface area contributed by atoms with Gasteiger partial charge < -0.3 is 0 Å². The largest absolute Gasteiger partial charge is 0.256 e. The second-order valence-electron chi connectivity index (χ2n) is 11.1. The number of hydrogen-bond acceptors (Lipinski definition) is 2. The molecule has 46 heavy (non-hydrogen) atoms. The monoisotopic (exact) mass is 624 g/mol. The molecule has 0 saturated carbocycles. The summed E-state index contributed by atoms with van der Waals surface area (Å²) in [6.07, 6.45) is 3.86. The number of benzene rings is 6. The van der Waals surface area contributed by atoms with Gasteiger partial charge >= 0.3 is 0 Å². The lowest BCUT2D eigenvalue weighted by atomic mass is 9.98. The molecule has 8 rings (SSSR count). The summed E-state index contributed by atoms with van der Waals surface area (Å²) in [6, 6.07) is 61.4. The van der Waals surface area contributed by atoms with Crippen molar-refractivity contribution in [2.75, 3.05) is 0 Å². The highest BCUT2D eigenvalue weighted by molar-refractivity contribution is 7.80. The lowest BCUT2D eigenvalue weighted by Crippen LogP contribution is -2.26. The molecule has 4 heteroatoms. The van der Waals surface area contributed by atoms with Crippen LogP contribution in [0.25, 0.3) is 32.9 Å². The van der Waals surface area contributed by atoms with Crippen LogP contribution in [0.4, 0.5) is 0 Å². The number of hydrogen-bond donors (Lipinski definition) is 0. The molecule has 2 nitrogen and oxygen atoms in total. The lowest BCUT2D eigenvalue weighted by molar-refractivity contribution is 1.40. The minimum atomic E-state index is -0.920. The average molecular weight is 625 g/mol. The van der Waals surface area contributed by atoms with E-state index in [1.54, 1.807) is 0 Å². The van der Waals surface area contributed by atoms with Crippen molar-refractivity contribution < 1.29 is 0 Å². The molecule has 0 bridgehead atoms. The molecule has 0 unspecified atom stereocenters. The van der Waals surface area contributed by atoms with Gasteiger partial charge in [-0.1, -0.05) is 158 Å². The molecule has 6 aromatic carbocycles. The minimum absolute atomic E-state index is 0.920. The van der Waals surface area contributed by atoms with E-state index in [1.165, 1.54) is 43.0 Å². The Morgan fingerprint density at radius 3 is 0.957 bits per heavy atom. The molecule has 0 spiro atoms. The summed E-state index contributed by atoms with van der Waals surface area (Å²) in [7, 11) is -1.84. The van der Waals surface area contributed by atoms with E-state index in [-0.39, 0.29) is 0 Å².